The monoisotopic (exact) mass is 293 g/mol. The van der Waals surface area contributed by atoms with Gasteiger partial charge in [-0.2, -0.15) is 13.2 Å². The Hall–Kier alpha value is -1.31. The fraction of sp³-hybridized carbons (Fsp3) is 0.538. The van der Waals surface area contributed by atoms with E-state index >= 15 is 0 Å². The summed E-state index contributed by atoms with van der Waals surface area (Å²) in [6, 6.07) is 3.84. The Kier molecular flexibility index (Phi) is 6.25. The van der Waals surface area contributed by atoms with Crippen LogP contribution in [0.4, 0.5) is 13.2 Å². The molecule has 20 heavy (non-hydrogen) atoms. The molecule has 0 saturated heterocycles. The smallest absolute Gasteiger partial charge is 0.419 e. The summed E-state index contributed by atoms with van der Waals surface area (Å²) >= 11 is 0. The van der Waals surface area contributed by atoms with E-state index in [-0.39, 0.29) is 19.0 Å². The van der Waals surface area contributed by atoms with Crippen LogP contribution in [0.5, 0.6) is 5.75 Å². The number of aliphatic hydroxyl groups excluding tert-OH is 1. The van der Waals surface area contributed by atoms with Gasteiger partial charge in [-0.25, -0.2) is 0 Å². The molecule has 0 saturated carbocycles. The van der Waals surface area contributed by atoms with Crippen molar-refractivity contribution in [2.45, 2.75) is 18.8 Å². The molecule has 0 aliphatic rings. The quantitative estimate of drug-likeness (QED) is 0.805. The lowest BCUT2D eigenvalue weighted by atomic mass is 10.1. The minimum atomic E-state index is -4.51. The van der Waals surface area contributed by atoms with E-state index < -0.39 is 17.8 Å². The van der Waals surface area contributed by atoms with Crippen LogP contribution in [0.25, 0.3) is 0 Å². The molecule has 1 atom stereocenters. The molecule has 0 amide bonds. The predicted molar refractivity (Wildman–Crippen MR) is 67.6 cm³/mol. The minimum absolute atomic E-state index is 0.000804. The number of nitrogens with one attached hydrogen (secondary N) is 1. The van der Waals surface area contributed by atoms with Gasteiger partial charge in [-0.15, -0.1) is 0 Å². The van der Waals surface area contributed by atoms with Crippen molar-refractivity contribution in [3.8, 4) is 5.75 Å². The van der Waals surface area contributed by atoms with Gasteiger partial charge < -0.3 is 19.9 Å². The number of alkyl halides is 3. The van der Waals surface area contributed by atoms with E-state index in [1.54, 1.807) is 13.1 Å². The lowest BCUT2D eigenvalue weighted by Crippen LogP contribution is -2.23. The molecular formula is C13H18F3NO3. The van der Waals surface area contributed by atoms with Gasteiger partial charge in [0, 0.05) is 13.7 Å². The second-order valence-electron chi connectivity index (χ2n) is 4.28. The third-order valence-electron chi connectivity index (χ3n) is 2.52. The van der Waals surface area contributed by atoms with Crippen molar-refractivity contribution in [1.82, 2.24) is 5.32 Å². The van der Waals surface area contributed by atoms with E-state index in [9.17, 15) is 18.3 Å². The Morgan fingerprint density at radius 2 is 2.00 bits per heavy atom. The molecule has 1 aromatic carbocycles. The van der Waals surface area contributed by atoms with E-state index in [0.29, 0.717) is 12.1 Å². The number of aliphatic hydroxyl groups is 1. The van der Waals surface area contributed by atoms with Crippen LogP contribution in [-0.4, -0.2) is 38.6 Å². The zero-order chi connectivity index (χ0) is 15.2. The maximum absolute atomic E-state index is 13.0. The summed E-state index contributed by atoms with van der Waals surface area (Å²) in [6.45, 7) is 0.0666. The largest absolute Gasteiger partial charge is 0.490 e. The van der Waals surface area contributed by atoms with E-state index in [1.807, 2.05) is 0 Å². The zero-order valence-corrected chi connectivity index (χ0v) is 11.3. The molecule has 1 rings (SSSR count). The number of hydrogen-bond acceptors (Lipinski definition) is 4. The van der Waals surface area contributed by atoms with Crippen LogP contribution in [0.3, 0.4) is 0 Å². The Bertz CT molecular complexity index is 424. The average molecular weight is 293 g/mol. The number of rotatable bonds is 7. The van der Waals surface area contributed by atoms with E-state index in [1.165, 1.54) is 13.2 Å². The predicted octanol–water partition coefficient (Wildman–Crippen LogP) is 1.81. The zero-order valence-electron chi connectivity index (χ0n) is 11.3. The molecule has 0 bridgehead atoms. The van der Waals surface area contributed by atoms with Crippen LogP contribution in [0.15, 0.2) is 18.2 Å². The summed E-state index contributed by atoms with van der Waals surface area (Å²) in [5, 5.41) is 12.2. The molecule has 2 N–H and O–H groups in total. The Morgan fingerprint density at radius 3 is 2.55 bits per heavy atom. The fourth-order valence-corrected chi connectivity index (χ4v) is 1.67. The molecular weight excluding hydrogens is 275 g/mol. The highest BCUT2D eigenvalue weighted by molar-refractivity contribution is 5.39. The maximum Gasteiger partial charge on any atom is 0.419 e. The third kappa shape index (κ3) is 4.99. The Labute approximate surface area is 115 Å². The van der Waals surface area contributed by atoms with Gasteiger partial charge in [0.15, 0.2) is 0 Å². The second kappa shape index (κ2) is 7.47. The lowest BCUT2D eigenvalue weighted by molar-refractivity contribution is -0.139. The van der Waals surface area contributed by atoms with Crippen LogP contribution in [0, 0.1) is 0 Å². The van der Waals surface area contributed by atoms with Gasteiger partial charge in [-0.3, -0.25) is 0 Å². The van der Waals surface area contributed by atoms with Crippen LogP contribution in [0.1, 0.15) is 11.1 Å². The average Bonchev–Trinajstić information content (AvgIpc) is 2.37. The van der Waals surface area contributed by atoms with Gasteiger partial charge in [-0.1, -0.05) is 6.07 Å². The topological polar surface area (TPSA) is 50.7 Å². The number of ether oxygens (including phenoxy) is 2. The summed E-state index contributed by atoms with van der Waals surface area (Å²) < 4.78 is 48.6. The molecule has 0 aliphatic carbocycles. The van der Waals surface area contributed by atoms with Crippen molar-refractivity contribution < 1.29 is 27.8 Å². The van der Waals surface area contributed by atoms with E-state index in [0.717, 1.165) is 6.07 Å². The SMILES string of the molecule is CNCc1ccc(OCC(O)COC)c(C(F)(F)F)c1. The highest BCUT2D eigenvalue weighted by atomic mass is 19.4. The Balaban J connectivity index is 2.89. The molecule has 0 aromatic heterocycles. The summed E-state index contributed by atoms with van der Waals surface area (Å²) in [7, 11) is 3.04. The molecule has 4 nitrogen and oxygen atoms in total. The fourth-order valence-electron chi connectivity index (χ4n) is 1.67. The normalized spacial score (nSPS) is 13.3. The van der Waals surface area contributed by atoms with Crippen molar-refractivity contribution in [3.63, 3.8) is 0 Å². The molecule has 7 heteroatoms. The van der Waals surface area contributed by atoms with Crippen molar-refractivity contribution in [1.29, 1.82) is 0 Å². The molecule has 1 aromatic rings. The number of hydrogen-bond donors (Lipinski definition) is 2. The standard InChI is InChI=1S/C13H18F3NO3/c1-17-6-9-3-4-12(11(5-9)13(14,15)16)20-8-10(18)7-19-2/h3-5,10,17-18H,6-8H2,1-2H3. The first kappa shape index (κ1) is 16.7. The summed E-state index contributed by atoms with van der Waals surface area (Å²) in [5.74, 6) is -0.299. The molecule has 1 unspecified atom stereocenters. The van der Waals surface area contributed by atoms with E-state index in [2.05, 4.69) is 10.1 Å². The van der Waals surface area contributed by atoms with Gasteiger partial charge in [0.05, 0.1) is 12.2 Å². The molecule has 114 valence electrons. The molecule has 0 spiro atoms. The summed E-state index contributed by atoms with van der Waals surface area (Å²) in [4.78, 5) is 0. The molecule has 0 heterocycles. The van der Waals surface area contributed by atoms with Crippen molar-refractivity contribution in [2.75, 3.05) is 27.4 Å². The van der Waals surface area contributed by atoms with Gasteiger partial charge in [0.1, 0.15) is 18.5 Å². The van der Waals surface area contributed by atoms with E-state index in [4.69, 9.17) is 4.74 Å². The number of methoxy groups -OCH3 is 1. The first-order chi connectivity index (χ1) is 9.38. The highest BCUT2D eigenvalue weighted by Crippen LogP contribution is 2.36. The van der Waals surface area contributed by atoms with Gasteiger partial charge in [-0.05, 0) is 24.7 Å². The van der Waals surface area contributed by atoms with Crippen molar-refractivity contribution in [2.24, 2.45) is 0 Å². The van der Waals surface area contributed by atoms with Gasteiger partial charge in [0.2, 0.25) is 0 Å². The van der Waals surface area contributed by atoms with Gasteiger partial charge >= 0.3 is 6.18 Å². The van der Waals surface area contributed by atoms with Crippen LogP contribution in [-0.2, 0) is 17.5 Å². The molecule has 0 radical (unpaired) electrons. The highest BCUT2D eigenvalue weighted by Gasteiger charge is 2.34. The summed E-state index contributed by atoms with van der Waals surface area (Å²) in [5.41, 5.74) is -0.348. The minimum Gasteiger partial charge on any atom is -0.490 e. The third-order valence-corrected chi connectivity index (χ3v) is 2.52. The van der Waals surface area contributed by atoms with Crippen LogP contribution < -0.4 is 10.1 Å². The van der Waals surface area contributed by atoms with Crippen LogP contribution >= 0.6 is 0 Å². The van der Waals surface area contributed by atoms with Crippen molar-refractivity contribution in [3.05, 3.63) is 29.3 Å². The van der Waals surface area contributed by atoms with Gasteiger partial charge in [0.25, 0.3) is 0 Å². The summed E-state index contributed by atoms with van der Waals surface area (Å²) in [6.07, 6.45) is -5.48. The van der Waals surface area contributed by atoms with Crippen LogP contribution in [0.2, 0.25) is 0 Å². The Morgan fingerprint density at radius 1 is 1.30 bits per heavy atom. The first-order valence-electron chi connectivity index (χ1n) is 6.03. The molecule has 0 fully saturated rings. The lowest BCUT2D eigenvalue weighted by Gasteiger charge is -2.17. The maximum atomic E-state index is 13.0. The molecule has 0 aliphatic heterocycles. The number of benzene rings is 1. The first-order valence-corrected chi connectivity index (χ1v) is 6.03. The second-order valence-corrected chi connectivity index (χ2v) is 4.28. The number of halogens is 3. The van der Waals surface area contributed by atoms with Crippen molar-refractivity contribution >= 4 is 0 Å².